The third kappa shape index (κ3) is 2.27. The molecule has 16 heavy (non-hydrogen) atoms. The van der Waals surface area contributed by atoms with Gasteiger partial charge in [0.05, 0.1) is 0 Å². The molecule has 1 aromatic heterocycles. The van der Waals surface area contributed by atoms with Gasteiger partial charge < -0.3 is 0 Å². The SMILES string of the molecule is Cc1cnccc1[C@@H]1CCCCN1C(C)C. The van der Waals surface area contributed by atoms with Gasteiger partial charge in [0.15, 0.2) is 0 Å². The zero-order valence-corrected chi connectivity index (χ0v) is 10.6. The second-order valence-corrected chi connectivity index (χ2v) is 5.08. The maximum absolute atomic E-state index is 4.19. The Balaban J connectivity index is 2.27. The van der Waals surface area contributed by atoms with Gasteiger partial charge in [-0.15, -0.1) is 0 Å². The highest BCUT2D eigenvalue weighted by molar-refractivity contribution is 5.25. The number of aromatic nitrogens is 1. The Labute approximate surface area is 98.7 Å². The van der Waals surface area contributed by atoms with E-state index in [1.54, 1.807) is 0 Å². The summed E-state index contributed by atoms with van der Waals surface area (Å²) in [6.45, 7) is 8.02. The minimum Gasteiger partial charge on any atom is -0.294 e. The molecule has 1 aromatic rings. The molecule has 1 aliphatic heterocycles. The van der Waals surface area contributed by atoms with Crippen LogP contribution in [0, 0.1) is 6.92 Å². The zero-order valence-electron chi connectivity index (χ0n) is 10.6. The maximum Gasteiger partial charge on any atom is 0.0354 e. The van der Waals surface area contributed by atoms with Gasteiger partial charge in [-0.25, -0.2) is 0 Å². The highest BCUT2D eigenvalue weighted by Crippen LogP contribution is 2.33. The van der Waals surface area contributed by atoms with E-state index in [1.165, 1.54) is 36.9 Å². The molecule has 0 saturated carbocycles. The zero-order chi connectivity index (χ0) is 11.5. The van der Waals surface area contributed by atoms with Crippen molar-refractivity contribution in [3.8, 4) is 0 Å². The molecule has 1 atom stereocenters. The first-order valence-electron chi connectivity index (χ1n) is 6.36. The number of hydrogen-bond acceptors (Lipinski definition) is 2. The van der Waals surface area contributed by atoms with Gasteiger partial charge in [0.2, 0.25) is 0 Å². The largest absolute Gasteiger partial charge is 0.294 e. The van der Waals surface area contributed by atoms with Crippen LogP contribution in [0.2, 0.25) is 0 Å². The lowest BCUT2D eigenvalue weighted by molar-refractivity contribution is 0.111. The molecule has 1 aliphatic rings. The lowest BCUT2D eigenvalue weighted by Gasteiger charge is -2.39. The molecule has 88 valence electrons. The highest BCUT2D eigenvalue weighted by atomic mass is 15.2. The fourth-order valence-electron chi connectivity index (χ4n) is 2.76. The number of rotatable bonds is 2. The molecule has 0 aliphatic carbocycles. The Bertz CT molecular complexity index is 346. The number of nitrogens with zero attached hydrogens (tertiary/aromatic N) is 2. The van der Waals surface area contributed by atoms with Crippen molar-refractivity contribution in [3.05, 3.63) is 29.6 Å². The first-order valence-corrected chi connectivity index (χ1v) is 6.36. The number of pyridine rings is 1. The van der Waals surface area contributed by atoms with E-state index in [2.05, 4.69) is 36.7 Å². The van der Waals surface area contributed by atoms with Gasteiger partial charge in [-0.1, -0.05) is 6.42 Å². The summed E-state index contributed by atoms with van der Waals surface area (Å²) in [4.78, 5) is 6.82. The molecule has 0 spiro atoms. The molecule has 1 fully saturated rings. The molecule has 2 rings (SSSR count). The molecule has 0 N–H and O–H groups in total. The Morgan fingerprint density at radius 1 is 1.38 bits per heavy atom. The summed E-state index contributed by atoms with van der Waals surface area (Å²) in [5.41, 5.74) is 2.81. The van der Waals surface area contributed by atoms with Crippen LogP contribution in [-0.2, 0) is 0 Å². The second kappa shape index (κ2) is 4.96. The summed E-state index contributed by atoms with van der Waals surface area (Å²) < 4.78 is 0. The van der Waals surface area contributed by atoms with Crippen molar-refractivity contribution in [2.24, 2.45) is 0 Å². The quantitative estimate of drug-likeness (QED) is 0.757. The van der Waals surface area contributed by atoms with Gasteiger partial charge in [0, 0.05) is 24.5 Å². The summed E-state index contributed by atoms with van der Waals surface area (Å²) in [5, 5.41) is 0. The standard InChI is InChI=1S/C14H22N2/c1-11(2)16-9-5-4-6-14(16)13-7-8-15-10-12(13)3/h7-8,10-11,14H,4-6,9H2,1-3H3/t14-/m0/s1. The van der Waals surface area contributed by atoms with Gasteiger partial charge in [-0.05, 0) is 57.4 Å². The third-order valence-electron chi connectivity index (χ3n) is 3.63. The van der Waals surface area contributed by atoms with Crippen molar-refractivity contribution in [2.75, 3.05) is 6.54 Å². The predicted octanol–water partition coefficient (Wildman–Crippen LogP) is 3.33. The van der Waals surface area contributed by atoms with Crippen molar-refractivity contribution in [2.45, 2.75) is 52.1 Å². The van der Waals surface area contributed by atoms with Gasteiger partial charge >= 0.3 is 0 Å². The van der Waals surface area contributed by atoms with E-state index in [0.717, 1.165) is 0 Å². The number of aryl methyl sites for hydroxylation is 1. The summed E-state index contributed by atoms with van der Waals surface area (Å²) in [6.07, 6.45) is 7.91. The molecule has 0 radical (unpaired) electrons. The first kappa shape index (κ1) is 11.6. The van der Waals surface area contributed by atoms with E-state index in [4.69, 9.17) is 0 Å². The monoisotopic (exact) mass is 218 g/mol. The lowest BCUT2D eigenvalue weighted by atomic mass is 9.92. The highest BCUT2D eigenvalue weighted by Gasteiger charge is 2.26. The Kier molecular flexibility index (Phi) is 3.59. The Morgan fingerprint density at radius 3 is 2.88 bits per heavy atom. The molecular weight excluding hydrogens is 196 g/mol. The van der Waals surface area contributed by atoms with Crippen molar-refractivity contribution in [1.82, 2.24) is 9.88 Å². The molecule has 0 bridgehead atoms. The number of piperidine rings is 1. The van der Waals surface area contributed by atoms with E-state index in [0.29, 0.717) is 12.1 Å². The summed E-state index contributed by atoms with van der Waals surface area (Å²) in [6, 6.07) is 3.44. The Hall–Kier alpha value is -0.890. The van der Waals surface area contributed by atoms with E-state index < -0.39 is 0 Å². The van der Waals surface area contributed by atoms with Crippen LogP contribution in [0.1, 0.15) is 50.3 Å². The third-order valence-corrected chi connectivity index (χ3v) is 3.63. The van der Waals surface area contributed by atoms with Crippen molar-refractivity contribution in [3.63, 3.8) is 0 Å². The fourth-order valence-corrected chi connectivity index (χ4v) is 2.76. The van der Waals surface area contributed by atoms with Crippen LogP contribution in [0.3, 0.4) is 0 Å². The van der Waals surface area contributed by atoms with Crippen molar-refractivity contribution < 1.29 is 0 Å². The van der Waals surface area contributed by atoms with Gasteiger partial charge in [-0.2, -0.15) is 0 Å². The van der Waals surface area contributed by atoms with Crippen LogP contribution in [0.4, 0.5) is 0 Å². The van der Waals surface area contributed by atoms with Crippen LogP contribution >= 0.6 is 0 Å². The molecular formula is C14H22N2. The van der Waals surface area contributed by atoms with E-state index in [9.17, 15) is 0 Å². The van der Waals surface area contributed by atoms with Crippen LogP contribution in [-0.4, -0.2) is 22.5 Å². The van der Waals surface area contributed by atoms with Crippen LogP contribution in [0.15, 0.2) is 18.5 Å². The second-order valence-electron chi connectivity index (χ2n) is 5.08. The molecule has 2 heteroatoms. The Morgan fingerprint density at radius 2 is 2.19 bits per heavy atom. The van der Waals surface area contributed by atoms with Gasteiger partial charge in [0.1, 0.15) is 0 Å². The van der Waals surface area contributed by atoms with E-state index >= 15 is 0 Å². The van der Waals surface area contributed by atoms with Crippen LogP contribution in [0.5, 0.6) is 0 Å². The van der Waals surface area contributed by atoms with Crippen LogP contribution in [0.25, 0.3) is 0 Å². The number of likely N-dealkylation sites (tertiary alicyclic amines) is 1. The average Bonchev–Trinajstić information content (AvgIpc) is 2.29. The molecule has 0 aromatic carbocycles. The van der Waals surface area contributed by atoms with E-state index in [-0.39, 0.29) is 0 Å². The predicted molar refractivity (Wildman–Crippen MR) is 67.4 cm³/mol. The first-order chi connectivity index (χ1) is 7.70. The molecule has 0 amide bonds. The lowest BCUT2D eigenvalue weighted by Crippen LogP contribution is -2.38. The summed E-state index contributed by atoms with van der Waals surface area (Å²) >= 11 is 0. The molecule has 1 saturated heterocycles. The van der Waals surface area contributed by atoms with Gasteiger partial charge in [0.25, 0.3) is 0 Å². The van der Waals surface area contributed by atoms with Gasteiger partial charge in [-0.3, -0.25) is 9.88 Å². The van der Waals surface area contributed by atoms with E-state index in [1.807, 2.05) is 12.4 Å². The van der Waals surface area contributed by atoms with Crippen molar-refractivity contribution >= 4 is 0 Å². The summed E-state index contributed by atoms with van der Waals surface area (Å²) in [5.74, 6) is 0. The summed E-state index contributed by atoms with van der Waals surface area (Å²) in [7, 11) is 0. The van der Waals surface area contributed by atoms with Crippen LogP contribution < -0.4 is 0 Å². The maximum atomic E-state index is 4.19. The molecule has 2 nitrogen and oxygen atoms in total. The fraction of sp³-hybridized carbons (Fsp3) is 0.643. The number of hydrogen-bond donors (Lipinski definition) is 0. The molecule has 2 heterocycles. The normalized spacial score (nSPS) is 22.6. The van der Waals surface area contributed by atoms with Crippen molar-refractivity contribution in [1.29, 1.82) is 0 Å². The smallest absolute Gasteiger partial charge is 0.0354 e. The minimum atomic E-state index is 0.608. The topological polar surface area (TPSA) is 16.1 Å². The molecule has 0 unspecified atom stereocenters. The minimum absolute atomic E-state index is 0.608. The average molecular weight is 218 g/mol.